The van der Waals surface area contributed by atoms with Crippen LogP contribution in [0, 0.1) is 0 Å². The van der Waals surface area contributed by atoms with Gasteiger partial charge in [-0.1, -0.05) is 0 Å². The van der Waals surface area contributed by atoms with Gasteiger partial charge < -0.3 is 8.92 Å². The molecule has 0 saturated carbocycles. The lowest BCUT2D eigenvalue weighted by Gasteiger charge is -2.08. The van der Waals surface area contributed by atoms with Crippen molar-refractivity contribution < 1.29 is 35.3 Å². The highest BCUT2D eigenvalue weighted by atomic mass is 32.2. The normalized spacial score (nSPS) is 17.6. The summed E-state index contributed by atoms with van der Waals surface area (Å²) in [5, 5.41) is 0. The maximum atomic E-state index is 11.7. The average Bonchev–Trinajstić information content (AvgIpc) is 2.31. The van der Waals surface area contributed by atoms with Crippen LogP contribution in [-0.4, -0.2) is 26.5 Å². The molecular formula is C5H3F3O5S. The summed E-state index contributed by atoms with van der Waals surface area (Å²) in [7, 11) is -5.71. The molecule has 0 saturated heterocycles. The van der Waals surface area contributed by atoms with Gasteiger partial charge in [0.05, 0.1) is 6.08 Å². The van der Waals surface area contributed by atoms with Gasteiger partial charge in [-0.05, 0) is 0 Å². The maximum absolute atomic E-state index is 11.7. The summed E-state index contributed by atoms with van der Waals surface area (Å²) in [4.78, 5) is 10.3. The molecule has 0 aromatic heterocycles. The number of cyclic esters (lactones) is 1. The van der Waals surface area contributed by atoms with Crippen molar-refractivity contribution in [3.8, 4) is 0 Å². The van der Waals surface area contributed by atoms with Crippen molar-refractivity contribution in [2.75, 3.05) is 6.61 Å². The Bertz CT molecular complexity index is 379. The van der Waals surface area contributed by atoms with Crippen LogP contribution in [0.3, 0.4) is 0 Å². The minimum Gasteiger partial charge on any atom is -0.454 e. The van der Waals surface area contributed by atoms with Crippen LogP contribution in [0.5, 0.6) is 0 Å². The lowest BCUT2D eigenvalue weighted by molar-refractivity contribution is -0.135. The van der Waals surface area contributed by atoms with Crippen molar-refractivity contribution in [1.82, 2.24) is 0 Å². The van der Waals surface area contributed by atoms with Crippen molar-refractivity contribution >= 4 is 16.1 Å². The Balaban J connectivity index is 2.80. The third kappa shape index (κ3) is 2.16. The zero-order valence-corrected chi connectivity index (χ0v) is 7.18. The second-order valence-corrected chi connectivity index (χ2v) is 3.74. The molecule has 0 aliphatic carbocycles. The van der Waals surface area contributed by atoms with Gasteiger partial charge in [0.15, 0.2) is 12.4 Å². The Morgan fingerprint density at radius 1 is 1.43 bits per heavy atom. The van der Waals surface area contributed by atoms with E-state index in [0.717, 1.165) is 0 Å². The molecule has 0 N–H and O–H groups in total. The fraction of sp³-hybridized carbons (Fsp3) is 0.400. The van der Waals surface area contributed by atoms with E-state index >= 15 is 0 Å². The van der Waals surface area contributed by atoms with E-state index < -0.39 is 34.0 Å². The van der Waals surface area contributed by atoms with Crippen molar-refractivity contribution in [1.29, 1.82) is 0 Å². The van der Waals surface area contributed by atoms with Gasteiger partial charge in [-0.15, -0.1) is 0 Å². The summed E-state index contributed by atoms with van der Waals surface area (Å²) < 4.78 is 63.6. The summed E-state index contributed by atoms with van der Waals surface area (Å²) in [5.41, 5.74) is -5.51. The molecule has 0 unspecified atom stereocenters. The lowest BCUT2D eigenvalue weighted by atomic mass is 10.5. The molecule has 0 radical (unpaired) electrons. The lowest BCUT2D eigenvalue weighted by Crippen LogP contribution is -2.25. The van der Waals surface area contributed by atoms with Crippen LogP contribution in [0.4, 0.5) is 13.2 Å². The van der Waals surface area contributed by atoms with E-state index in [1.807, 2.05) is 0 Å². The molecule has 0 bridgehead atoms. The summed E-state index contributed by atoms with van der Waals surface area (Å²) in [5.74, 6) is -1.63. The Morgan fingerprint density at radius 2 is 2.00 bits per heavy atom. The molecule has 0 atom stereocenters. The smallest absolute Gasteiger partial charge is 0.454 e. The van der Waals surface area contributed by atoms with Crippen LogP contribution in [0.1, 0.15) is 0 Å². The van der Waals surface area contributed by atoms with Crippen LogP contribution >= 0.6 is 0 Å². The third-order valence-electron chi connectivity index (χ3n) is 1.14. The fourth-order valence-corrected chi connectivity index (χ4v) is 1.07. The number of ether oxygens (including phenoxy) is 1. The molecule has 0 spiro atoms. The molecule has 1 heterocycles. The maximum Gasteiger partial charge on any atom is 0.534 e. The zero-order valence-electron chi connectivity index (χ0n) is 6.37. The summed E-state index contributed by atoms with van der Waals surface area (Å²) in [6, 6.07) is 0. The summed E-state index contributed by atoms with van der Waals surface area (Å²) in [6.45, 7) is -0.617. The second-order valence-electron chi connectivity index (χ2n) is 2.20. The quantitative estimate of drug-likeness (QED) is 0.389. The van der Waals surface area contributed by atoms with E-state index in [1.54, 1.807) is 0 Å². The molecule has 9 heteroatoms. The number of alkyl halides is 3. The molecule has 0 amide bonds. The van der Waals surface area contributed by atoms with Gasteiger partial charge in [-0.25, -0.2) is 4.79 Å². The van der Waals surface area contributed by atoms with Gasteiger partial charge in [0.2, 0.25) is 0 Å². The second kappa shape index (κ2) is 3.15. The minimum absolute atomic E-state index is 0.531. The van der Waals surface area contributed by atoms with E-state index in [2.05, 4.69) is 8.92 Å². The molecular weight excluding hydrogens is 229 g/mol. The van der Waals surface area contributed by atoms with Gasteiger partial charge in [-0.2, -0.15) is 21.6 Å². The van der Waals surface area contributed by atoms with E-state index in [1.165, 1.54) is 0 Å². The molecule has 80 valence electrons. The van der Waals surface area contributed by atoms with E-state index in [0.29, 0.717) is 6.08 Å². The first-order valence-corrected chi connectivity index (χ1v) is 4.51. The molecule has 5 nitrogen and oxygen atoms in total. The summed E-state index contributed by atoms with van der Waals surface area (Å²) >= 11 is 0. The number of carbonyl (C=O) groups excluding carboxylic acids is 1. The van der Waals surface area contributed by atoms with Crippen LogP contribution in [0.25, 0.3) is 0 Å². The highest BCUT2D eigenvalue weighted by Gasteiger charge is 2.49. The van der Waals surface area contributed by atoms with Gasteiger partial charge in [0, 0.05) is 0 Å². The highest BCUT2D eigenvalue weighted by Crippen LogP contribution is 2.27. The average molecular weight is 232 g/mol. The van der Waals surface area contributed by atoms with Crippen molar-refractivity contribution in [2.45, 2.75) is 5.51 Å². The molecule has 14 heavy (non-hydrogen) atoms. The van der Waals surface area contributed by atoms with E-state index in [-0.39, 0.29) is 0 Å². The number of hydrogen-bond acceptors (Lipinski definition) is 5. The molecule has 0 aromatic carbocycles. The predicted octanol–water partition coefficient (Wildman–Crippen LogP) is 0.293. The van der Waals surface area contributed by atoms with Crippen molar-refractivity contribution in [3.63, 3.8) is 0 Å². The number of esters is 1. The third-order valence-corrected chi connectivity index (χ3v) is 2.14. The topological polar surface area (TPSA) is 69.7 Å². The first kappa shape index (κ1) is 10.8. The predicted molar refractivity (Wildman–Crippen MR) is 35.1 cm³/mol. The SMILES string of the molecule is O=C1C=C(OS(=O)(=O)C(F)(F)F)CO1. The highest BCUT2D eigenvalue weighted by molar-refractivity contribution is 7.87. The summed E-state index contributed by atoms with van der Waals surface area (Å²) in [6.07, 6.45) is 0.531. The molecule has 0 aromatic rings. The molecule has 1 aliphatic heterocycles. The number of rotatable bonds is 2. The Hall–Kier alpha value is -1.25. The van der Waals surface area contributed by atoms with Crippen LogP contribution in [0.15, 0.2) is 11.8 Å². The minimum atomic E-state index is -5.71. The van der Waals surface area contributed by atoms with Gasteiger partial charge in [0.25, 0.3) is 0 Å². The molecule has 1 rings (SSSR count). The Morgan fingerprint density at radius 3 is 2.36 bits per heavy atom. The van der Waals surface area contributed by atoms with Gasteiger partial charge in [-0.3, -0.25) is 0 Å². The van der Waals surface area contributed by atoms with Crippen molar-refractivity contribution in [3.05, 3.63) is 11.8 Å². The first-order valence-electron chi connectivity index (χ1n) is 3.10. The number of hydrogen-bond donors (Lipinski definition) is 0. The Kier molecular flexibility index (Phi) is 2.44. The Labute approximate surface area is 76.2 Å². The fourth-order valence-electron chi connectivity index (χ4n) is 0.593. The van der Waals surface area contributed by atoms with Crippen LogP contribution in [0.2, 0.25) is 0 Å². The van der Waals surface area contributed by atoms with Gasteiger partial charge >= 0.3 is 21.6 Å². The molecule has 1 aliphatic rings. The molecule has 0 fully saturated rings. The number of carbonyl (C=O) groups is 1. The van der Waals surface area contributed by atoms with Crippen molar-refractivity contribution in [2.24, 2.45) is 0 Å². The van der Waals surface area contributed by atoms with Crippen LogP contribution in [-0.2, 0) is 23.8 Å². The van der Waals surface area contributed by atoms with E-state index in [9.17, 15) is 26.4 Å². The first-order chi connectivity index (χ1) is 6.22. The van der Waals surface area contributed by atoms with Gasteiger partial charge in [0.1, 0.15) is 0 Å². The largest absolute Gasteiger partial charge is 0.534 e. The monoisotopic (exact) mass is 232 g/mol. The standard InChI is InChI=1S/C5H3F3O5S/c6-5(7,8)14(10,11)13-3-1-4(9)12-2-3/h1H,2H2. The zero-order chi connectivity index (χ0) is 11.0. The van der Waals surface area contributed by atoms with E-state index in [4.69, 9.17) is 0 Å². The number of halogens is 3. The van der Waals surface area contributed by atoms with Crippen LogP contribution < -0.4 is 0 Å².